The lowest BCUT2D eigenvalue weighted by Gasteiger charge is -2.08. The van der Waals surface area contributed by atoms with E-state index in [1.807, 2.05) is 13.0 Å². The number of halogens is 1. The van der Waals surface area contributed by atoms with E-state index in [0.29, 0.717) is 11.0 Å². The van der Waals surface area contributed by atoms with Crippen molar-refractivity contribution in [2.75, 3.05) is 0 Å². The lowest BCUT2D eigenvalue weighted by Crippen LogP contribution is -1.94. The topological polar surface area (TPSA) is 25.8 Å². The van der Waals surface area contributed by atoms with Crippen LogP contribution in [0.4, 0.5) is 0 Å². The third-order valence-corrected chi connectivity index (χ3v) is 2.88. The number of rotatable bonds is 1. The Kier molecular flexibility index (Phi) is 2.92. The van der Waals surface area contributed by atoms with Crippen molar-refractivity contribution in [3.8, 4) is 11.3 Å². The number of benzene rings is 1. The van der Waals surface area contributed by atoms with Crippen molar-refractivity contribution in [2.24, 2.45) is 0 Å². The van der Waals surface area contributed by atoms with Gasteiger partial charge in [-0.3, -0.25) is 0 Å². The molecule has 0 amide bonds. The number of nitrogens with zero attached hydrogens (tertiary/aromatic N) is 2. The third kappa shape index (κ3) is 2.07. The van der Waals surface area contributed by atoms with Gasteiger partial charge in [0.15, 0.2) is 0 Å². The average Bonchev–Trinajstić information content (AvgIpc) is 2.20. The van der Waals surface area contributed by atoms with E-state index in [4.69, 9.17) is 11.6 Å². The lowest BCUT2D eigenvalue weighted by molar-refractivity contribution is 1.06. The van der Waals surface area contributed by atoms with Gasteiger partial charge in [0.05, 0.1) is 5.69 Å². The van der Waals surface area contributed by atoms with Gasteiger partial charge in [-0.15, -0.1) is 0 Å². The molecule has 1 heterocycles. The molecule has 0 saturated carbocycles. The van der Waals surface area contributed by atoms with Crippen molar-refractivity contribution in [2.45, 2.75) is 20.8 Å². The van der Waals surface area contributed by atoms with Gasteiger partial charge < -0.3 is 0 Å². The van der Waals surface area contributed by atoms with Gasteiger partial charge in [0.1, 0.15) is 11.0 Å². The van der Waals surface area contributed by atoms with Crippen LogP contribution in [0.15, 0.2) is 24.3 Å². The Morgan fingerprint density at radius 1 is 1.06 bits per heavy atom. The van der Waals surface area contributed by atoms with Crippen LogP contribution in [0, 0.1) is 20.8 Å². The Balaban J connectivity index is 2.63. The summed E-state index contributed by atoms with van der Waals surface area (Å²) in [7, 11) is 0. The summed E-state index contributed by atoms with van der Waals surface area (Å²) in [5.74, 6) is 0.698. The quantitative estimate of drug-likeness (QED) is 0.701. The van der Waals surface area contributed by atoms with E-state index in [1.165, 1.54) is 11.1 Å². The van der Waals surface area contributed by atoms with E-state index in [-0.39, 0.29) is 0 Å². The molecule has 0 atom stereocenters. The minimum absolute atomic E-state index is 0.489. The Hall–Kier alpha value is -1.41. The van der Waals surface area contributed by atoms with Crippen LogP contribution in [0.5, 0.6) is 0 Å². The third-order valence-electron chi connectivity index (χ3n) is 2.69. The second-order valence-corrected chi connectivity index (χ2v) is 4.26. The van der Waals surface area contributed by atoms with Crippen molar-refractivity contribution in [1.82, 2.24) is 9.97 Å². The normalized spacial score (nSPS) is 10.5. The highest BCUT2D eigenvalue weighted by Gasteiger charge is 2.07. The monoisotopic (exact) mass is 232 g/mol. The molecule has 1 aromatic carbocycles. The zero-order valence-electron chi connectivity index (χ0n) is 9.58. The molecule has 0 spiro atoms. The van der Waals surface area contributed by atoms with Crippen molar-refractivity contribution >= 4 is 11.6 Å². The van der Waals surface area contributed by atoms with E-state index in [9.17, 15) is 0 Å². The first kappa shape index (κ1) is 11.1. The van der Waals surface area contributed by atoms with Crippen LogP contribution in [0.2, 0.25) is 5.15 Å². The fraction of sp³-hybridized carbons (Fsp3) is 0.231. The fourth-order valence-corrected chi connectivity index (χ4v) is 1.92. The van der Waals surface area contributed by atoms with Crippen LogP contribution in [0.25, 0.3) is 11.3 Å². The molecule has 0 radical (unpaired) electrons. The van der Waals surface area contributed by atoms with Gasteiger partial charge >= 0.3 is 0 Å². The molecule has 0 aliphatic heterocycles. The standard InChI is InChI=1S/C13H13ClN2/c1-8-5-4-6-11(9(8)2)12-7-13(14)16-10(3)15-12/h4-7H,1-3H3. The molecule has 2 aromatic rings. The van der Waals surface area contributed by atoms with E-state index in [1.54, 1.807) is 6.07 Å². The predicted molar refractivity (Wildman–Crippen MR) is 66.7 cm³/mol. The van der Waals surface area contributed by atoms with Crippen LogP contribution >= 0.6 is 11.6 Å². The molecule has 0 N–H and O–H groups in total. The number of aromatic nitrogens is 2. The van der Waals surface area contributed by atoms with Crippen LogP contribution in [-0.4, -0.2) is 9.97 Å². The summed E-state index contributed by atoms with van der Waals surface area (Å²) < 4.78 is 0. The summed E-state index contributed by atoms with van der Waals surface area (Å²) in [5, 5.41) is 0.489. The second-order valence-electron chi connectivity index (χ2n) is 3.87. The SMILES string of the molecule is Cc1nc(Cl)cc(-c2cccc(C)c2C)n1. The van der Waals surface area contributed by atoms with E-state index in [2.05, 4.69) is 35.9 Å². The fourth-order valence-electron chi connectivity index (χ4n) is 1.70. The maximum Gasteiger partial charge on any atom is 0.133 e. The van der Waals surface area contributed by atoms with E-state index < -0.39 is 0 Å². The van der Waals surface area contributed by atoms with Gasteiger partial charge in [0.2, 0.25) is 0 Å². The summed E-state index contributed by atoms with van der Waals surface area (Å²) in [6, 6.07) is 7.98. The molecule has 0 bridgehead atoms. The van der Waals surface area contributed by atoms with Gasteiger partial charge in [-0.1, -0.05) is 29.8 Å². The van der Waals surface area contributed by atoms with E-state index >= 15 is 0 Å². The Labute approximate surface area is 100 Å². The maximum atomic E-state index is 5.94. The molecule has 2 rings (SSSR count). The molecule has 1 aromatic heterocycles. The first-order chi connectivity index (χ1) is 7.58. The van der Waals surface area contributed by atoms with Gasteiger partial charge in [0.25, 0.3) is 0 Å². The largest absolute Gasteiger partial charge is 0.233 e. The van der Waals surface area contributed by atoms with Gasteiger partial charge in [-0.05, 0) is 31.9 Å². The summed E-state index contributed by atoms with van der Waals surface area (Å²) in [6.45, 7) is 6.03. The highest BCUT2D eigenvalue weighted by molar-refractivity contribution is 6.29. The molecule has 82 valence electrons. The van der Waals surface area contributed by atoms with Gasteiger partial charge in [0, 0.05) is 11.6 Å². The van der Waals surface area contributed by atoms with Crippen molar-refractivity contribution in [3.63, 3.8) is 0 Å². The highest BCUT2D eigenvalue weighted by Crippen LogP contribution is 2.25. The summed E-state index contributed by atoms with van der Waals surface area (Å²) in [6.07, 6.45) is 0. The Bertz CT molecular complexity index is 515. The van der Waals surface area contributed by atoms with Crippen molar-refractivity contribution in [1.29, 1.82) is 0 Å². The number of hydrogen-bond acceptors (Lipinski definition) is 2. The van der Waals surface area contributed by atoms with E-state index in [0.717, 1.165) is 11.3 Å². The average molecular weight is 233 g/mol. The summed E-state index contributed by atoms with van der Waals surface area (Å²) in [4.78, 5) is 8.48. The van der Waals surface area contributed by atoms with Crippen LogP contribution < -0.4 is 0 Å². The summed E-state index contributed by atoms with van der Waals surface area (Å²) >= 11 is 5.94. The van der Waals surface area contributed by atoms with Gasteiger partial charge in [-0.2, -0.15) is 0 Å². The Morgan fingerprint density at radius 2 is 1.81 bits per heavy atom. The van der Waals surface area contributed by atoms with Gasteiger partial charge in [-0.25, -0.2) is 9.97 Å². The molecule has 0 fully saturated rings. The first-order valence-corrected chi connectivity index (χ1v) is 5.53. The molecule has 0 aliphatic carbocycles. The minimum atomic E-state index is 0.489. The first-order valence-electron chi connectivity index (χ1n) is 5.15. The molecule has 0 aliphatic rings. The van der Waals surface area contributed by atoms with Crippen LogP contribution in [-0.2, 0) is 0 Å². The Morgan fingerprint density at radius 3 is 2.50 bits per heavy atom. The van der Waals surface area contributed by atoms with Crippen LogP contribution in [0.1, 0.15) is 17.0 Å². The molecule has 2 nitrogen and oxygen atoms in total. The molecule has 16 heavy (non-hydrogen) atoms. The number of hydrogen-bond donors (Lipinski definition) is 0. The van der Waals surface area contributed by atoms with Crippen molar-refractivity contribution < 1.29 is 0 Å². The number of aryl methyl sites for hydroxylation is 2. The lowest BCUT2D eigenvalue weighted by atomic mass is 10.0. The molecule has 0 saturated heterocycles. The minimum Gasteiger partial charge on any atom is -0.233 e. The molecule has 0 unspecified atom stereocenters. The van der Waals surface area contributed by atoms with Crippen LogP contribution in [0.3, 0.4) is 0 Å². The molecular weight excluding hydrogens is 220 g/mol. The predicted octanol–water partition coefficient (Wildman–Crippen LogP) is 3.72. The smallest absolute Gasteiger partial charge is 0.133 e. The molecule has 3 heteroatoms. The summed E-state index contributed by atoms with van der Waals surface area (Å²) in [5.41, 5.74) is 4.49. The highest BCUT2D eigenvalue weighted by atomic mass is 35.5. The molecular formula is C13H13ClN2. The zero-order valence-corrected chi connectivity index (χ0v) is 10.3. The maximum absolute atomic E-state index is 5.94. The zero-order chi connectivity index (χ0) is 11.7. The van der Waals surface area contributed by atoms with Crippen molar-refractivity contribution in [3.05, 3.63) is 46.4 Å². The second kappa shape index (κ2) is 4.22.